The molecule has 0 radical (unpaired) electrons. The van der Waals surface area contributed by atoms with Crippen LogP contribution in [0.3, 0.4) is 0 Å². The fourth-order valence-corrected chi connectivity index (χ4v) is 7.49. The van der Waals surface area contributed by atoms with Crippen LogP contribution in [-0.4, -0.2) is 31.3 Å². The second-order valence-electron chi connectivity index (χ2n) is 9.67. The summed E-state index contributed by atoms with van der Waals surface area (Å²) < 4.78 is 27.3. The van der Waals surface area contributed by atoms with E-state index in [1.807, 2.05) is 37.3 Å². The lowest BCUT2D eigenvalue weighted by molar-refractivity contribution is -0.116. The smallest absolute Gasteiger partial charge is 0.224 e. The summed E-state index contributed by atoms with van der Waals surface area (Å²) in [7, 11) is -3.64. The van der Waals surface area contributed by atoms with Gasteiger partial charge in [-0.3, -0.25) is 4.79 Å². The van der Waals surface area contributed by atoms with Crippen molar-refractivity contribution in [2.24, 2.45) is 5.41 Å². The number of carbonyl (C=O) groups excluding carboxylic acids is 1. The summed E-state index contributed by atoms with van der Waals surface area (Å²) >= 11 is 0. The Labute approximate surface area is 204 Å². The van der Waals surface area contributed by atoms with Crippen LogP contribution in [0.1, 0.15) is 89.2 Å². The van der Waals surface area contributed by atoms with Crippen molar-refractivity contribution in [2.75, 3.05) is 11.1 Å². The van der Waals surface area contributed by atoms with Crippen LogP contribution < -0.4 is 5.32 Å². The van der Waals surface area contributed by atoms with Crippen molar-refractivity contribution in [3.8, 4) is 0 Å². The van der Waals surface area contributed by atoms with Crippen molar-refractivity contribution >= 4 is 21.4 Å². The van der Waals surface area contributed by atoms with Crippen molar-refractivity contribution < 1.29 is 18.3 Å². The highest BCUT2D eigenvalue weighted by atomic mass is 32.2. The van der Waals surface area contributed by atoms with Gasteiger partial charge in [-0.2, -0.15) is 0 Å². The van der Waals surface area contributed by atoms with E-state index in [0.29, 0.717) is 30.5 Å². The van der Waals surface area contributed by atoms with Gasteiger partial charge in [0.15, 0.2) is 9.84 Å². The average molecular weight is 486 g/mol. The molecular formula is C28H39NO4S. The molecule has 3 rings (SSSR count). The average Bonchev–Trinajstić information content (AvgIpc) is 2.89. The number of aliphatic hydroxyl groups is 1. The monoisotopic (exact) mass is 485 g/mol. The molecule has 0 saturated carbocycles. The zero-order valence-corrected chi connectivity index (χ0v) is 21.5. The van der Waals surface area contributed by atoms with Gasteiger partial charge in [-0.05, 0) is 48.6 Å². The highest BCUT2D eigenvalue weighted by molar-refractivity contribution is 7.91. The van der Waals surface area contributed by atoms with Crippen molar-refractivity contribution in [2.45, 2.75) is 89.1 Å². The summed E-state index contributed by atoms with van der Waals surface area (Å²) in [6, 6.07) is 14.7. The molecule has 1 amide bonds. The van der Waals surface area contributed by atoms with Gasteiger partial charge in [0.25, 0.3) is 0 Å². The second-order valence-corrected chi connectivity index (χ2v) is 11.6. The van der Waals surface area contributed by atoms with E-state index in [0.717, 1.165) is 37.7 Å². The minimum Gasteiger partial charge on any atom is -0.392 e. The van der Waals surface area contributed by atoms with Crippen LogP contribution in [0.15, 0.2) is 53.4 Å². The van der Waals surface area contributed by atoms with Crippen LogP contribution in [0.25, 0.3) is 0 Å². The van der Waals surface area contributed by atoms with Gasteiger partial charge in [-0.1, -0.05) is 76.8 Å². The van der Waals surface area contributed by atoms with E-state index in [4.69, 9.17) is 0 Å². The molecule has 0 saturated heterocycles. The highest BCUT2D eigenvalue weighted by Gasteiger charge is 2.48. The largest absolute Gasteiger partial charge is 0.392 e. The summed E-state index contributed by atoms with van der Waals surface area (Å²) in [6.45, 7) is 6.16. The number of hydrogen-bond donors (Lipinski definition) is 2. The molecule has 0 spiro atoms. The number of hydrogen-bond acceptors (Lipinski definition) is 4. The van der Waals surface area contributed by atoms with Gasteiger partial charge in [-0.25, -0.2) is 8.42 Å². The van der Waals surface area contributed by atoms with Gasteiger partial charge in [0.05, 0.1) is 16.8 Å². The second kappa shape index (κ2) is 11.5. The van der Waals surface area contributed by atoms with E-state index in [2.05, 4.69) is 19.2 Å². The number of anilines is 1. The van der Waals surface area contributed by atoms with Crippen LogP contribution in [-0.2, 0) is 14.6 Å². The van der Waals surface area contributed by atoms with E-state index < -0.39 is 27.3 Å². The summed E-state index contributed by atoms with van der Waals surface area (Å²) in [5, 5.41) is 14.8. The standard InChI is InChI=1S/C28H39NO4S/c1-4-7-10-15-25(30)29-22-16-17-24-23(19-22)26(21-13-11-9-12-14-21)27(31)28(6-3,18-8-5-2)20-34(24,32)33/h9,11-14,16-17,19,26-27,31H,4-8,10,15,18,20H2,1-3H3,(H,29,30)/t26-,27-,28-/m1/s1. The topological polar surface area (TPSA) is 83.5 Å². The lowest BCUT2D eigenvalue weighted by atomic mass is 9.69. The Hall–Kier alpha value is -2.18. The highest BCUT2D eigenvalue weighted by Crippen LogP contribution is 2.49. The number of rotatable bonds is 10. The van der Waals surface area contributed by atoms with E-state index in [-0.39, 0.29) is 16.6 Å². The van der Waals surface area contributed by atoms with Gasteiger partial charge in [0.1, 0.15) is 0 Å². The number of amides is 1. The molecule has 1 aliphatic rings. The molecule has 0 aromatic heterocycles. The lowest BCUT2D eigenvalue weighted by Crippen LogP contribution is -2.42. The SMILES string of the molecule is CCCCCC(=O)Nc1ccc2c(c1)[C@@H](c1ccccc1)[C@@H](O)[C@](CC)(CCCC)CS2(=O)=O. The Bertz CT molecular complexity index is 1070. The van der Waals surface area contributed by atoms with E-state index in [1.54, 1.807) is 18.2 Å². The third-order valence-electron chi connectivity index (χ3n) is 7.28. The molecule has 0 aliphatic carbocycles. The summed E-state index contributed by atoms with van der Waals surface area (Å²) in [6.07, 6.45) is 5.45. The van der Waals surface area contributed by atoms with Crippen LogP contribution in [0.5, 0.6) is 0 Å². The molecule has 6 heteroatoms. The maximum atomic E-state index is 13.7. The zero-order chi connectivity index (χ0) is 24.8. The van der Waals surface area contributed by atoms with Crippen molar-refractivity contribution in [1.82, 2.24) is 0 Å². The van der Waals surface area contributed by atoms with E-state index >= 15 is 0 Å². The van der Waals surface area contributed by atoms with Crippen LogP contribution in [0.4, 0.5) is 5.69 Å². The predicted octanol–water partition coefficient (Wildman–Crippen LogP) is 6.07. The van der Waals surface area contributed by atoms with Gasteiger partial charge in [-0.15, -0.1) is 0 Å². The van der Waals surface area contributed by atoms with E-state index in [1.165, 1.54) is 0 Å². The minimum atomic E-state index is -3.64. The third-order valence-corrected chi connectivity index (χ3v) is 9.28. The molecule has 2 aromatic carbocycles. The van der Waals surface area contributed by atoms with Gasteiger partial charge in [0, 0.05) is 23.4 Å². The molecule has 2 N–H and O–H groups in total. The molecule has 0 fully saturated rings. The Morgan fingerprint density at radius 1 is 1.03 bits per heavy atom. The Kier molecular flexibility index (Phi) is 8.94. The number of sulfone groups is 1. The lowest BCUT2D eigenvalue weighted by Gasteiger charge is -2.39. The van der Waals surface area contributed by atoms with Crippen molar-refractivity contribution in [3.63, 3.8) is 0 Å². The first-order valence-corrected chi connectivity index (χ1v) is 14.3. The molecule has 2 aromatic rings. The molecule has 1 aliphatic heterocycles. The van der Waals surface area contributed by atoms with Crippen LogP contribution >= 0.6 is 0 Å². The first-order chi connectivity index (χ1) is 16.3. The third kappa shape index (κ3) is 5.72. The number of unbranched alkanes of at least 4 members (excludes halogenated alkanes) is 3. The first kappa shape index (κ1) is 26.4. The molecule has 0 bridgehead atoms. The fraction of sp³-hybridized carbons (Fsp3) is 0.536. The molecule has 34 heavy (non-hydrogen) atoms. The Morgan fingerprint density at radius 2 is 1.74 bits per heavy atom. The summed E-state index contributed by atoms with van der Waals surface area (Å²) in [5.74, 6) is -0.647. The van der Waals surface area contributed by atoms with E-state index in [9.17, 15) is 18.3 Å². The van der Waals surface area contributed by atoms with Gasteiger partial charge < -0.3 is 10.4 Å². The Morgan fingerprint density at radius 3 is 2.38 bits per heavy atom. The molecule has 1 heterocycles. The van der Waals surface area contributed by atoms with Crippen LogP contribution in [0, 0.1) is 5.41 Å². The number of fused-ring (bicyclic) bond motifs is 1. The molecule has 5 nitrogen and oxygen atoms in total. The van der Waals surface area contributed by atoms with Crippen LogP contribution in [0.2, 0.25) is 0 Å². The minimum absolute atomic E-state index is 0.0727. The quantitative estimate of drug-likeness (QED) is 0.400. The maximum Gasteiger partial charge on any atom is 0.224 e. The van der Waals surface area contributed by atoms with Crippen molar-refractivity contribution in [3.05, 3.63) is 59.7 Å². The van der Waals surface area contributed by atoms with Gasteiger partial charge >= 0.3 is 0 Å². The maximum absolute atomic E-state index is 13.7. The Balaban J connectivity index is 2.12. The number of carbonyl (C=O) groups is 1. The number of aliphatic hydroxyl groups excluding tert-OH is 1. The van der Waals surface area contributed by atoms with Gasteiger partial charge in [0.2, 0.25) is 5.91 Å². The number of benzene rings is 2. The first-order valence-electron chi connectivity index (χ1n) is 12.7. The normalized spacial score (nSPS) is 23.6. The predicted molar refractivity (Wildman–Crippen MR) is 138 cm³/mol. The molecule has 186 valence electrons. The molecule has 0 unspecified atom stereocenters. The van der Waals surface area contributed by atoms with Crippen molar-refractivity contribution in [1.29, 1.82) is 0 Å². The summed E-state index contributed by atoms with van der Waals surface area (Å²) in [5.41, 5.74) is 1.28. The summed E-state index contributed by atoms with van der Waals surface area (Å²) in [4.78, 5) is 12.7. The number of nitrogens with one attached hydrogen (secondary N) is 1. The fourth-order valence-electron chi connectivity index (χ4n) is 5.24. The molecule has 3 atom stereocenters. The zero-order valence-electron chi connectivity index (χ0n) is 20.7. The molecular weight excluding hydrogens is 446 g/mol.